The highest BCUT2D eigenvalue weighted by Gasteiger charge is 2.13. The zero-order valence-electron chi connectivity index (χ0n) is 9.45. The predicted molar refractivity (Wildman–Crippen MR) is 68.7 cm³/mol. The summed E-state index contributed by atoms with van der Waals surface area (Å²) in [5.41, 5.74) is 8.23. The van der Waals surface area contributed by atoms with Crippen molar-refractivity contribution in [2.24, 2.45) is 5.73 Å². The van der Waals surface area contributed by atoms with Gasteiger partial charge in [-0.05, 0) is 54.0 Å². The number of hydrogen-bond acceptors (Lipinski definition) is 2. The van der Waals surface area contributed by atoms with E-state index in [1.807, 2.05) is 13.0 Å². The van der Waals surface area contributed by atoms with Crippen LogP contribution in [0.1, 0.15) is 11.3 Å². The van der Waals surface area contributed by atoms with E-state index in [-0.39, 0.29) is 5.82 Å². The molecule has 17 heavy (non-hydrogen) atoms. The number of benzene rings is 1. The molecule has 0 atom stereocenters. The predicted octanol–water partition coefficient (Wildman–Crippen LogP) is 2.58. The van der Waals surface area contributed by atoms with Crippen LogP contribution in [0.2, 0.25) is 0 Å². The van der Waals surface area contributed by atoms with Crippen molar-refractivity contribution in [3.05, 3.63) is 45.9 Å². The number of aryl methyl sites for hydroxylation is 1. The summed E-state index contributed by atoms with van der Waals surface area (Å²) in [5, 5.41) is 4.39. The van der Waals surface area contributed by atoms with Gasteiger partial charge in [0.25, 0.3) is 0 Å². The van der Waals surface area contributed by atoms with Crippen LogP contribution in [0.3, 0.4) is 0 Å². The molecule has 0 aliphatic heterocycles. The molecule has 0 aliphatic rings. The van der Waals surface area contributed by atoms with Crippen molar-refractivity contribution in [2.45, 2.75) is 13.3 Å². The highest BCUT2D eigenvalue weighted by Crippen LogP contribution is 2.24. The van der Waals surface area contributed by atoms with Crippen molar-refractivity contribution in [1.29, 1.82) is 0 Å². The molecule has 0 radical (unpaired) electrons. The molecular formula is C12H13BrFN3. The second-order valence-electron chi connectivity index (χ2n) is 3.79. The summed E-state index contributed by atoms with van der Waals surface area (Å²) in [5.74, 6) is -0.275. The molecule has 5 heteroatoms. The highest BCUT2D eigenvalue weighted by atomic mass is 79.9. The maximum atomic E-state index is 13.2. The van der Waals surface area contributed by atoms with Gasteiger partial charge in [0.1, 0.15) is 10.4 Å². The minimum Gasteiger partial charge on any atom is -0.330 e. The Morgan fingerprint density at radius 3 is 2.88 bits per heavy atom. The van der Waals surface area contributed by atoms with Crippen LogP contribution in [0.25, 0.3) is 5.69 Å². The van der Waals surface area contributed by atoms with Gasteiger partial charge in [-0.25, -0.2) is 9.07 Å². The lowest BCUT2D eigenvalue weighted by molar-refractivity contribution is 0.625. The number of nitrogens with two attached hydrogens (primary N) is 1. The first-order valence-electron chi connectivity index (χ1n) is 5.33. The molecule has 90 valence electrons. The normalized spacial score (nSPS) is 10.8. The average Bonchev–Trinajstić information content (AvgIpc) is 2.57. The minimum atomic E-state index is -0.275. The van der Waals surface area contributed by atoms with E-state index in [1.165, 1.54) is 12.1 Å². The Morgan fingerprint density at radius 1 is 1.47 bits per heavy atom. The van der Waals surface area contributed by atoms with Gasteiger partial charge < -0.3 is 5.73 Å². The molecule has 0 saturated carbocycles. The topological polar surface area (TPSA) is 43.8 Å². The molecule has 0 aliphatic carbocycles. The largest absolute Gasteiger partial charge is 0.330 e. The third kappa shape index (κ3) is 2.40. The van der Waals surface area contributed by atoms with Crippen molar-refractivity contribution < 1.29 is 4.39 Å². The number of nitrogens with zero attached hydrogens (tertiary/aromatic N) is 2. The first kappa shape index (κ1) is 12.3. The maximum absolute atomic E-state index is 13.2. The zero-order chi connectivity index (χ0) is 12.4. The second kappa shape index (κ2) is 4.98. The minimum absolute atomic E-state index is 0.275. The molecule has 1 heterocycles. The lowest BCUT2D eigenvalue weighted by Gasteiger charge is -2.03. The molecule has 0 saturated heterocycles. The van der Waals surface area contributed by atoms with Crippen LogP contribution in [-0.4, -0.2) is 16.3 Å². The van der Waals surface area contributed by atoms with Crippen molar-refractivity contribution in [3.63, 3.8) is 0 Å². The molecule has 3 nitrogen and oxygen atoms in total. The van der Waals surface area contributed by atoms with Gasteiger partial charge in [-0.1, -0.05) is 6.07 Å². The Labute approximate surface area is 108 Å². The van der Waals surface area contributed by atoms with Gasteiger partial charge in [-0.3, -0.25) is 0 Å². The lowest BCUT2D eigenvalue weighted by Crippen LogP contribution is -2.03. The lowest BCUT2D eigenvalue weighted by atomic mass is 10.2. The highest BCUT2D eigenvalue weighted by molar-refractivity contribution is 9.10. The molecule has 2 N–H and O–H groups in total. The van der Waals surface area contributed by atoms with E-state index in [0.29, 0.717) is 12.2 Å². The Morgan fingerprint density at radius 2 is 2.24 bits per heavy atom. The van der Waals surface area contributed by atoms with Crippen molar-refractivity contribution in [1.82, 2.24) is 9.78 Å². The smallest absolute Gasteiger partial charge is 0.125 e. The number of halogens is 2. The van der Waals surface area contributed by atoms with Gasteiger partial charge in [0, 0.05) is 5.56 Å². The standard InChI is InChI=1S/C12H13BrFN3/c1-8-11(5-6-15)12(13)17(16-8)10-4-2-3-9(14)7-10/h2-4,7H,5-6,15H2,1H3. The zero-order valence-corrected chi connectivity index (χ0v) is 11.0. The van der Waals surface area contributed by atoms with Crippen LogP contribution >= 0.6 is 15.9 Å². The molecule has 1 aromatic heterocycles. The SMILES string of the molecule is Cc1nn(-c2cccc(F)c2)c(Br)c1CCN. The van der Waals surface area contributed by atoms with Gasteiger partial charge in [0.05, 0.1) is 11.4 Å². The molecule has 0 fully saturated rings. The summed E-state index contributed by atoms with van der Waals surface area (Å²) in [6.45, 7) is 2.49. The molecule has 0 unspecified atom stereocenters. The third-order valence-corrected chi connectivity index (χ3v) is 3.38. The summed E-state index contributed by atoms with van der Waals surface area (Å²) < 4.78 is 15.7. The molecule has 0 spiro atoms. The summed E-state index contributed by atoms with van der Waals surface area (Å²) in [6, 6.07) is 6.33. The van der Waals surface area contributed by atoms with E-state index < -0.39 is 0 Å². The Bertz CT molecular complexity index is 537. The molecule has 2 aromatic rings. The molecule has 0 amide bonds. The fourth-order valence-corrected chi connectivity index (χ4v) is 2.51. The van der Waals surface area contributed by atoms with E-state index in [2.05, 4.69) is 21.0 Å². The van der Waals surface area contributed by atoms with Crippen LogP contribution in [0, 0.1) is 12.7 Å². The van der Waals surface area contributed by atoms with Crippen molar-refractivity contribution in [2.75, 3.05) is 6.54 Å². The van der Waals surface area contributed by atoms with Crippen LogP contribution in [0.5, 0.6) is 0 Å². The van der Waals surface area contributed by atoms with Crippen LogP contribution in [0.4, 0.5) is 4.39 Å². The fraction of sp³-hybridized carbons (Fsp3) is 0.250. The van der Waals surface area contributed by atoms with Gasteiger partial charge in [0.2, 0.25) is 0 Å². The monoisotopic (exact) mass is 297 g/mol. The summed E-state index contributed by atoms with van der Waals surface area (Å²) >= 11 is 3.49. The van der Waals surface area contributed by atoms with E-state index in [4.69, 9.17) is 5.73 Å². The van der Waals surface area contributed by atoms with Crippen molar-refractivity contribution in [3.8, 4) is 5.69 Å². The second-order valence-corrected chi connectivity index (χ2v) is 4.54. The Hall–Kier alpha value is -1.20. The average molecular weight is 298 g/mol. The first-order chi connectivity index (χ1) is 8.13. The molecule has 2 rings (SSSR count). The maximum Gasteiger partial charge on any atom is 0.125 e. The van der Waals surface area contributed by atoms with Crippen LogP contribution in [-0.2, 0) is 6.42 Å². The van der Waals surface area contributed by atoms with Gasteiger partial charge >= 0.3 is 0 Å². The molecule has 0 bridgehead atoms. The van der Waals surface area contributed by atoms with Gasteiger partial charge in [0.15, 0.2) is 0 Å². The first-order valence-corrected chi connectivity index (χ1v) is 6.12. The van der Waals surface area contributed by atoms with Crippen LogP contribution < -0.4 is 5.73 Å². The molecular weight excluding hydrogens is 285 g/mol. The number of hydrogen-bond donors (Lipinski definition) is 1. The summed E-state index contributed by atoms with van der Waals surface area (Å²) in [7, 11) is 0. The fourth-order valence-electron chi connectivity index (χ4n) is 1.74. The Balaban J connectivity index is 2.50. The van der Waals surface area contributed by atoms with Gasteiger partial charge in [-0.15, -0.1) is 0 Å². The number of aromatic nitrogens is 2. The molecule has 1 aromatic carbocycles. The van der Waals surface area contributed by atoms with E-state index >= 15 is 0 Å². The van der Waals surface area contributed by atoms with E-state index in [0.717, 1.165) is 22.3 Å². The van der Waals surface area contributed by atoms with Crippen LogP contribution in [0.15, 0.2) is 28.9 Å². The summed E-state index contributed by atoms with van der Waals surface area (Å²) in [6.07, 6.45) is 0.752. The Kier molecular flexibility index (Phi) is 3.59. The van der Waals surface area contributed by atoms with Crippen molar-refractivity contribution >= 4 is 15.9 Å². The quantitative estimate of drug-likeness (QED) is 0.946. The van der Waals surface area contributed by atoms with E-state index in [9.17, 15) is 4.39 Å². The number of rotatable bonds is 3. The van der Waals surface area contributed by atoms with E-state index in [1.54, 1.807) is 10.7 Å². The van der Waals surface area contributed by atoms with Gasteiger partial charge in [-0.2, -0.15) is 5.10 Å². The third-order valence-electron chi connectivity index (χ3n) is 2.57. The summed E-state index contributed by atoms with van der Waals surface area (Å²) in [4.78, 5) is 0.